The number of nitrogens with one attached hydrogen (secondary N) is 3. The van der Waals surface area contributed by atoms with Crippen LogP contribution in [0.25, 0.3) is 22.2 Å². The number of hydrogen-bond donors (Lipinski definition) is 3. The largest absolute Gasteiger partial charge is 0.494 e. The highest BCUT2D eigenvalue weighted by Crippen LogP contribution is 2.39. The maximum atomic E-state index is 12.7. The summed E-state index contributed by atoms with van der Waals surface area (Å²) in [5.74, 6) is 0.576. The normalized spacial score (nSPS) is 13.8. The second-order valence-corrected chi connectivity index (χ2v) is 9.38. The fourth-order valence-electron chi connectivity index (χ4n) is 4.69. The highest BCUT2D eigenvalue weighted by molar-refractivity contribution is 6.02. The van der Waals surface area contributed by atoms with Gasteiger partial charge in [-0.05, 0) is 19.2 Å². The summed E-state index contributed by atoms with van der Waals surface area (Å²) in [6.07, 6.45) is 7.91. The molecule has 0 bridgehead atoms. The van der Waals surface area contributed by atoms with Gasteiger partial charge in [-0.1, -0.05) is 36.9 Å². The van der Waals surface area contributed by atoms with Crippen molar-refractivity contribution < 1.29 is 9.53 Å². The third kappa shape index (κ3) is 5.50. The third-order valence-corrected chi connectivity index (χ3v) is 6.80. The van der Waals surface area contributed by atoms with Crippen LogP contribution in [0.4, 0.5) is 23.0 Å². The Morgan fingerprint density at radius 2 is 2.00 bits per heavy atom. The molecule has 1 aliphatic heterocycles. The van der Waals surface area contributed by atoms with E-state index >= 15 is 0 Å². The molecule has 2 aromatic carbocycles. The highest BCUT2D eigenvalue weighted by Gasteiger charge is 2.22. The average Bonchev–Trinajstić information content (AvgIpc) is 3.41. The van der Waals surface area contributed by atoms with Crippen molar-refractivity contribution in [2.75, 3.05) is 55.9 Å². The van der Waals surface area contributed by atoms with E-state index in [4.69, 9.17) is 9.72 Å². The summed E-state index contributed by atoms with van der Waals surface area (Å²) in [4.78, 5) is 29.5. The number of para-hydroxylation sites is 1. The van der Waals surface area contributed by atoms with Crippen LogP contribution in [0.15, 0.2) is 73.6 Å². The number of ether oxygens (including phenoxy) is 1. The number of aromatic nitrogens is 3. The number of nitrogens with zero attached hydrogens (tertiary/aromatic N) is 5. The van der Waals surface area contributed by atoms with Gasteiger partial charge in [-0.2, -0.15) is 5.26 Å². The maximum Gasteiger partial charge on any atom is 0.248 e. The first-order valence-corrected chi connectivity index (χ1v) is 12.9. The van der Waals surface area contributed by atoms with Crippen LogP contribution in [0.3, 0.4) is 0 Å². The molecule has 1 amide bonds. The molecule has 0 spiro atoms. The molecule has 0 aliphatic carbocycles. The highest BCUT2D eigenvalue weighted by atomic mass is 16.5. The first-order chi connectivity index (χ1) is 19.5. The lowest BCUT2D eigenvalue weighted by molar-refractivity contribution is -0.111. The van der Waals surface area contributed by atoms with E-state index in [1.165, 1.54) is 12.3 Å². The van der Waals surface area contributed by atoms with E-state index in [0.29, 0.717) is 28.4 Å². The zero-order valence-electron chi connectivity index (χ0n) is 22.4. The number of hydrogen-bond acceptors (Lipinski definition) is 8. The van der Waals surface area contributed by atoms with E-state index in [1.54, 1.807) is 19.3 Å². The minimum atomic E-state index is -0.275. The summed E-state index contributed by atoms with van der Waals surface area (Å²) in [6.45, 7) is 7.06. The molecular formula is C30H30N8O2. The van der Waals surface area contributed by atoms with Gasteiger partial charge in [-0.15, -0.1) is 0 Å². The van der Waals surface area contributed by atoms with Crippen LogP contribution in [-0.4, -0.2) is 66.1 Å². The molecule has 1 saturated heterocycles. The number of aromatic amines is 1. The molecule has 0 unspecified atom stereocenters. The van der Waals surface area contributed by atoms with Crippen molar-refractivity contribution in [1.29, 1.82) is 5.26 Å². The van der Waals surface area contributed by atoms with E-state index in [-0.39, 0.29) is 11.9 Å². The number of methoxy groups -OCH3 is 1. The van der Waals surface area contributed by atoms with Gasteiger partial charge in [0.05, 0.1) is 41.6 Å². The van der Waals surface area contributed by atoms with Gasteiger partial charge in [-0.25, -0.2) is 9.97 Å². The number of benzene rings is 2. The first-order valence-electron chi connectivity index (χ1n) is 12.9. The Hall–Kier alpha value is -5.14. The summed E-state index contributed by atoms with van der Waals surface area (Å²) < 4.78 is 5.75. The lowest BCUT2D eigenvalue weighted by atomic mass is 10.1. The second-order valence-electron chi connectivity index (χ2n) is 9.38. The zero-order valence-corrected chi connectivity index (χ0v) is 22.4. The minimum absolute atomic E-state index is 0.275. The Bertz CT molecular complexity index is 1630. The average molecular weight is 535 g/mol. The van der Waals surface area contributed by atoms with E-state index in [9.17, 15) is 10.1 Å². The number of likely N-dealkylation sites (N-methyl/N-ethyl adjacent to an activating group) is 1. The summed E-state index contributed by atoms with van der Waals surface area (Å²) in [5, 5.41) is 16.9. The van der Waals surface area contributed by atoms with Crippen LogP contribution in [0, 0.1) is 11.3 Å². The molecule has 1 fully saturated rings. The molecule has 0 radical (unpaired) electrons. The standard InChI is InChI=1S/C30H30N8O2/c1-4-5-10-28(39)34-24-15-25(27(40-3)16-26(24)38-13-11-37(2)12-14-38)35-30-33-18-20(17-31)29(36-30)22-19-32-23-9-7-6-8-21(22)23/h4-10,15-16,18-19,32H,1,11-14H2,2-3H3,(H,34,39)(H,33,35,36)/b10-5+. The van der Waals surface area contributed by atoms with Crippen molar-refractivity contribution in [1.82, 2.24) is 19.9 Å². The number of amides is 1. The van der Waals surface area contributed by atoms with Crippen LogP contribution >= 0.6 is 0 Å². The van der Waals surface area contributed by atoms with Gasteiger partial charge in [0.1, 0.15) is 11.8 Å². The van der Waals surface area contributed by atoms with Gasteiger partial charge in [0, 0.05) is 61.0 Å². The van der Waals surface area contributed by atoms with E-state index < -0.39 is 0 Å². The van der Waals surface area contributed by atoms with Gasteiger partial charge in [0.2, 0.25) is 11.9 Å². The molecule has 2 aromatic heterocycles. The van der Waals surface area contributed by atoms with Crippen molar-refractivity contribution in [3.8, 4) is 23.1 Å². The molecule has 3 N–H and O–H groups in total. The lowest BCUT2D eigenvalue weighted by Gasteiger charge is -2.35. The zero-order chi connectivity index (χ0) is 28.1. The van der Waals surface area contributed by atoms with Crippen LogP contribution < -0.4 is 20.3 Å². The molecule has 0 saturated carbocycles. The Morgan fingerprint density at radius 3 is 2.75 bits per heavy atom. The fraction of sp³-hybridized carbons (Fsp3) is 0.200. The van der Waals surface area contributed by atoms with Crippen molar-refractivity contribution in [2.24, 2.45) is 0 Å². The van der Waals surface area contributed by atoms with E-state index in [0.717, 1.165) is 48.3 Å². The summed E-state index contributed by atoms with van der Waals surface area (Å²) >= 11 is 0. The number of allylic oxidation sites excluding steroid dienone is 2. The van der Waals surface area contributed by atoms with Crippen molar-refractivity contribution >= 4 is 39.8 Å². The molecule has 3 heterocycles. The second kappa shape index (κ2) is 11.7. The van der Waals surface area contributed by atoms with Gasteiger partial charge in [-0.3, -0.25) is 4.79 Å². The topological polar surface area (TPSA) is 122 Å². The molecule has 10 heteroatoms. The quantitative estimate of drug-likeness (QED) is 0.220. The molecule has 5 rings (SSSR count). The monoisotopic (exact) mass is 534 g/mol. The minimum Gasteiger partial charge on any atom is -0.494 e. The van der Waals surface area contributed by atoms with Crippen LogP contribution in [-0.2, 0) is 4.79 Å². The molecule has 1 aliphatic rings. The predicted molar refractivity (Wildman–Crippen MR) is 158 cm³/mol. The molecule has 10 nitrogen and oxygen atoms in total. The van der Waals surface area contributed by atoms with Gasteiger partial charge < -0.3 is 30.2 Å². The molecule has 202 valence electrons. The fourth-order valence-corrected chi connectivity index (χ4v) is 4.69. The van der Waals surface area contributed by atoms with Gasteiger partial charge in [0.25, 0.3) is 0 Å². The number of H-pyrrole nitrogens is 1. The summed E-state index contributed by atoms with van der Waals surface area (Å²) in [5.41, 5.74) is 4.66. The number of fused-ring (bicyclic) bond motifs is 1. The molecule has 40 heavy (non-hydrogen) atoms. The number of anilines is 4. The SMILES string of the molecule is C=C/C=C/C(=O)Nc1cc(Nc2ncc(C#N)c(-c3c[nH]c4ccccc34)n2)c(OC)cc1N1CCN(C)CC1. The van der Waals surface area contributed by atoms with Crippen LogP contribution in [0.5, 0.6) is 5.75 Å². The van der Waals surface area contributed by atoms with Crippen molar-refractivity contribution in [3.63, 3.8) is 0 Å². The number of rotatable bonds is 8. The van der Waals surface area contributed by atoms with Crippen molar-refractivity contribution in [3.05, 3.63) is 79.2 Å². The molecule has 0 atom stereocenters. The van der Waals surface area contributed by atoms with E-state index in [2.05, 4.69) is 50.1 Å². The Kier molecular flexibility index (Phi) is 7.75. The summed E-state index contributed by atoms with van der Waals surface area (Å²) in [6, 6.07) is 13.8. The first kappa shape index (κ1) is 26.5. The molecule has 4 aromatic rings. The third-order valence-electron chi connectivity index (χ3n) is 6.80. The van der Waals surface area contributed by atoms with Crippen LogP contribution in [0.1, 0.15) is 5.56 Å². The summed E-state index contributed by atoms with van der Waals surface area (Å²) in [7, 11) is 3.69. The number of piperazine rings is 1. The Morgan fingerprint density at radius 1 is 1.20 bits per heavy atom. The lowest BCUT2D eigenvalue weighted by Crippen LogP contribution is -2.44. The van der Waals surface area contributed by atoms with E-state index in [1.807, 2.05) is 42.6 Å². The maximum absolute atomic E-state index is 12.7. The molecular weight excluding hydrogens is 504 g/mol. The number of carbonyl (C=O) groups is 1. The smallest absolute Gasteiger partial charge is 0.248 e. The predicted octanol–water partition coefficient (Wildman–Crippen LogP) is 4.68. The van der Waals surface area contributed by atoms with Crippen LogP contribution in [0.2, 0.25) is 0 Å². The van der Waals surface area contributed by atoms with Gasteiger partial charge in [0.15, 0.2) is 0 Å². The Labute approximate surface area is 232 Å². The number of carbonyl (C=O) groups excluding carboxylic acids is 1. The van der Waals surface area contributed by atoms with Gasteiger partial charge >= 0.3 is 0 Å². The Balaban J connectivity index is 1.54. The number of nitriles is 1. The van der Waals surface area contributed by atoms with Crippen molar-refractivity contribution in [2.45, 2.75) is 0 Å².